The maximum absolute atomic E-state index is 12.3. The van der Waals surface area contributed by atoms with E-state index in [1.165, 1.54) is 0 Å². The molecule has 0 unspecified atom stereocenters. The molecule has 4 nitrogen and oxygen atoms in total. The van der Waals surface area contributed by atoms with Gasteiger partial charge in [0.25, 0.3) is 0 Å². The first kappa shape index (κ1) is 13.8. The minimum absolute atomic E-state index is 0.0278. The fraction of sp³-hybridized carbons (Fsp3) is 0.286. The maximum atomic E-state index is 12.3. The Labute approximate surface area is 120 Å². The molecule has 19 heavy (non-hydrogen) atoms. The van der Waals surface area contributed by atoms with Crippen LogP contribution in [0.2, 0.25) is 0 Å². The molecule has 0 bridgehead atoms. The van der Waals surface area contributed by atoms with Crippen molar-refractivity contribution in [2.45, 2.75) is 19.9 Å². The normalized spacial score (nSPS) is 10.5. The number of ketones is 1. The van der Waals surface area contributed by atoms with Crippen LogP contribution in [-0.4, -0.2) is 22.7 Å². The molecule has 0 N–H and O–H groups in total. The van der Waals surface area contributed by atoms with Gasteiger partial charge < -0.3 is 4.74 Å². The van der Waals surface area contributed by atoms with Crippen molar-refractivity contribution in [2.75, 3.05) is 7.11 Å². The molecule has 2 rings (SSSR count). The minimum atomic E-state index is 0.0278. The van der Waals surface area contributed by atoms with Crippen molar-refractivity contribution in [1.82, 2.24) is 9.78 Å². The Hall–Kier alpha value is -1.62. The van der Waals surface area contributed by atoms with E-state index in [0.29, 0.717) is 17.7 Å². The lowest BCUT2D eigenvalue weighted by Gasteiger charge is -2.07. The van der Waals surface area contributed by atoms with Gasteiger partial charge in [-0.3, -0.25) is 9.48 Å². The molecule has 0 aliphatic heterocycles. The zero-order valence-corrected chi connectivity index (χ0v) is 12.5. The zero-order chi connectivity index (χ0) is 13.8. The van der Waals surface area contributed by atoms with E-state index < -0.39 is 0 Å². The second-order valence-electron chi connectivity index (χ2n) is 4.15. The van der Waals surface area contributed by atoms with Crippen LogP contribution in [0.4, 0.5) is 0 Å². The summed E-state index contributed by atoms with van der Waals surface area (Å²) in [5.74, 6) is 0.613. The van der Waals surface area contributed by atoms with Gasteiger partial charge in [-0.1, -0.05) is 15.9 Å². The van der Waals surface area contributed by atoms with E-state index in [4.69, 9.17) is 4.74 Å². The van der Waals surface area contributed by atoms with Gasteiger partial charge in [-0.15, -0.1) is 0 Å². The first-order chi connectivity index (χ1) is 9.13. The van der Waals surface area contributed by atoms with Gasteiger partial charge in [0.2, 0.25) is 0 Å². The standard InChI is InChI=1S/C14H15BrN2O2/c1-3-17-9-10(8-16-17)6-13(18)12-5-4-11(15)7-14(12)19-2/h4-5,7-9H,3,6H2,1-2H3. The number of halogens is 1. The SMILES string of the molecule is CCn1cc(CC(=O)c2ccc(Br)cc2OC)cn1. The Kier molecular flexibility index (Phi) is 4.37. The van der Waals surface area contributed by atoms with Gasteiger partial charge in [-0.25, -0.2) is 0 Å². The predicted octanol–water partition coefficient (Wildman–Crippen LogP) is 3.10. The Morgan fingerprint density at radius 1 is 1.47 bits per heavy atom. The highest BCUT2D eigenvalue weighted by Crippen LogP contribution is 2.24. The number of aromatic nitrogens is 2. The van der Waals surface area contributed by atoms with E-state index in [0.717, 1.165) is 16.6 Å². The summed E-state index contributed by atoms with van der Waals surface area (Å²) >= 11 is 3.36. The number of rotatable bonds is 5. The monoisotopic (exact) mass is 322 g/mol. The van der Waals surface area contributed by atoms with Crippen LogP contribution in [-0.2, 0) is 13.0 Å². The van der Waals surface area contributed by atoms with Crippen molar-refractivity contribution in [3.8, 4) is 5.75 Å². The number of carbonyl (C=O) groups excluding carboxylic acids is 1. The lowest BCUT2D eigenvalue weighted by atomic mass is 10.0. The van der Waals surface area contributed by atoms with E-state index in [-0.39, 0.29) is 5.78 Å². The van der Waals surface area contributed by atoms with Gasteiger partial charge in [0, 0.05) is 23.6 Å². The largest absolute Gasteiger partial charge is 0.496 e. The Bertz CT molecular complexity index is 593. The topological polar surface area (TPSA) is 44.1 Å². The number of Topliss-reactive ketones (excluding diaryl/α,β-unsaturated/α-hetero) is 1. The Morgan fingerprint density at radius 3 is 2.89 bits per heavy atom. The van der Waals surface area contributed by atoms with Crippen molar-refractivity contribution in [3.63, 3.8) is 0 Å². The molecule has 2 aromatic rings. The summed E-state index contributed by atoms with van der Waals surface area (Å²) in [5.41, 5.74) is 1.51. The van der Waals surface area contributed by atoms with Crippen LogP contribution in [0.15, 0.2) is 35.1 Å². The van der Waals surface area contributed by atoms with Gasteiger partial charge in [-0.2, -0.15) is 5.10 Å². The van der Waals surface area contributed by atoms with Gasteiger partial charge in [0.1, 0.15) is 5.75 Å². The molecule has 1 aromatic carbocycles. The van der Waals surface area contributed by atoms with Crippen LogP contribution < -0.4 is 4.74 Å². The first-order valence-corrected chi connectivity index (χ1v) is 6.81. The van der Waals surface area contributed by atoms with E-state index in [1.807, 2.05) is 19.2 Å². The zero-order valence-electron chi connectivity index (χ0n) is 10.9. The second kappa shape index (κ2) is 6.02. The minimum Gasteiger partial charge on any atom is -0.496 e. The van der Waals surface area contributed by atoms with Crippen molar-refractivity contribution in [2.24, 2.45) is 0 Å². The molecule has 0 atom stereocenters. The summed E-state index contributed by atoms with van der Waals surface area (Å²) in [7, 11) is 1.56. The Morgan fingerprint density at radius 2 is 2.26 bits per heavy atom. The maximum Gasteiger partial charge on any atom is 0.171 e. The number of benzene rings is 1. The molecular weight excluding hydrogens is 308 g/mol. The predicted molar refractivity (Wildman–Crippen MR) is 76.6 cm³/mol. The lowest BCUT2D eigenvalue weighted by Crippen LogP contribution is -2.05. The second-order valence-corrected chi connectivity index (χ2v) is 5.06. The van der Waals surface area contributed by atoms with Crippen LogP contribution in [0, 0.1) is 0 Å². The molecule has 5 heteroatoms. The fourth-order valence-electron chi connectivity index (χ4n) is 1.85. The molecule has 0 saturated carbocycles. The highest BCUT2D eigenvalue weighted by atomic mass is 79.9. The first-order valence-electron chi connectivity index (χ1n) is 6.02. The number of hydrogen-bond acceptors (Lipinski definition) is 3. The molecule has 0 spiro atoms. The van der Waals surface area contributed by atoms with Crippen molar-refractivity contribution >= 4 is 21.7 Å². The molecule has 1 aromatic heterocycles. The number of methoxy groups -OCH3 is 1. The van der Waals surface area contributed by atoms with E-state index >= 15 is 0 Å². The number of aryl methyl sites for hydroxylation is 1. The highest BCUT2D eigenvalue weighted by Gasteiger charge is 2.14. The molecule has 100 valence electrons. The van der Waals surface area contributed by atoms with E-state index in [9.17, 15) is 4.79 Å². The van der Waals surface area contributed by atoms with Crippen LogP contribution >= 0.6 is 15.9 Å². The lowest BCUT2D eigenvalue weighted by molar-refractivity contribution is 0.0990. The van der Waals surface area contributed by atoms with Gasteiger partial charge in [0.15, 0.2) is 5.78 Å². The quantitative estimate of drug-likeness (QED) is 0.794. The van der Waals surface area contributed by atoms with Crippen LogP contribution in [0.25, 0.3) is 0 Å². The summed E-state index contributed by atoms with van der Waals surface area (Å²) in [5, 5.41) is 4.16. The summed E-state index contributed by atoms with van der Waals surface area (Å²) in [4.78, 5) is 12.3. The molecule has 0 fully saturated rings. The van der Waals surface area contributed by atoms with Gasteiger partial charge in [0.05, 0.1) is 18.9 Å². The molecule has 1 heterocycles. The van der Waals surface area contributed by atoms with Gasteiger partial charge >= 0.3 is 0 Å². The molecule has 0 saturated heterocycles. The number of carbonyl (C=O) groups is 1. The summed E-state index contributed by atoms with van der Waals surface area (Å²) in [6.07, 6.45) is 3.95. The molecular formula is C14H15BrN2O2. The summed E-state index contributed by atoms with van der Waals surface area (Å²) in [6.45, 7) is 2.81. The molecule has 0 amide bonds. The van der Waals surface area contributed by atoms with Crippen molar-refractivity contribution in [1.29, 1.82) is 0 Å². The molecule has 0 aliphatic carbocycles. The average molecular weight is 323 g/mol. The smallest absolute Gasteiger partial charge is 0.171 e. The average Bonchev–Trinajstić information content (AvgIpc) is 2.86. The molecule has 0 radical (unpaired) electrons. The third-order valence-electron chi connectivity index (χ3n) is 2.84. The number of nitrogens with zero attached hydrogens (tertiary/aromatic N) is 2. The van der Waals surface area contributed by atoms with Crippen LogP contribution in [0.5, 0.6) is 5.75 Å². The number of ether oxygens (including phenoxy) is 1. The van der Waals surface area contributed by atoms with Crippen molar-refractivity contribution < 1.29 is 9.53 Å². The molecule has 0 aliphatic rings. The van der Waals surface area contributed by atoms with Crippen LogP contribution in [0.1, 0.15) is 22.8 Å². The third-order valence-corrected chi connectivity index (χ3v) is 3.33. The summed E-state index contributed by atoms with van der Waals surface area (Å²) in [6, 6.07) is 5.41. The summed E-state index contributed by atoms with van der Waals surface area (Å²) < 4.78 is 7.94. The fourth-order valence-corrected chi connectivity index (χ4v) is 2.19. The Balaban J connectivity index is 2.20. The number of hydrogen-bond donors (Lipinski definition) is 0. The highest BCUT2D eigenvalue weighted by molar-refractivity contribution is 9.10. The van der Waals surface area contributed by atoms with Gasteiger partial charge in [-0.05, 0) is 30.7 Å². The van der Waals surface area contributed by atoms with Crippen molar-refractivity contribution in [3.05, 3.63) is 46.2 Å². The van der Waals surface area contributed by atoms with Crippen LogP contribution in [0.3, 0.4) is 0 Å². The van der Waals surface area contributed by atoms with E-state index in [2.05, 4.69) is 21.0 Å². The third kappa shape index (κ3) is 3.23. The van der Waals surface area contributed by atoms with E-state index in [1.54, 1.807) is 30.1 Å².